The molecule has 3 aliphatic rings. The number of amides is 2. The Morgan fingerprint density at radius 2 is 2.12 bits per heavy atom. The van der Waals surface area contributed by atoms with Crippen molar-refractivity contribution in [2.75, 3.05) is 13.2 Å². The second-order valence-electron chi connectivity index (χ2n) is 7.23. The maximum Gasteiger partial charge on any atom is 0.248 e. The minimum Gasteiger partial charge on any atom is -0.387 e. The third-order valence-electron chi connectivity index (χ3n) is 5.94. The average Bonchev–Trinajstić information content (AvgIpc) is 2.92. The summed E-state index contributed by atoms with van der Waals surface area (Å²) in [6.07, 6.45) is -0.0867. The number of nitrogens with zero attached hydrogens (tertiary/aromatic N) is 1. The normalized spacial score (nSPS) is 44.6. The molecule has 2 saturated heterocycles. The lowest BCUT2D eigenvalue weighted by Gasteiger charge is -2.46. The molecule has 1 saturated carbocycles. The highest BCUT2D eigenvalue weighted by molar-refractivity contribution is 6.21. The highest BCUT2D eigenvalue weighted by Gasteiger charge is 2.58. The molecule has 2 aliphatic heterocycles. The molecule has 3 rings (SSSR count). The van der Waals surface area contributed by atoms with E-state index >= 15 is 0 Å². The van der Waals surface area contributed by atoms with Crippen molar-refractivity contribution < 1.29 is 19.1 Å². The van der Waals surface area contributed by atoms with Gasteiger partial charge in [0, 0.05) is 49.5 Å². The van der Waals surface area contributed by atoms with Crippen LogP contribution in [0.5, 0.6) is 0 Å². The van der Waals surface area contributed by atoms with Crippen LogP contribution in [0.2, 0.25) is 0 Å². The van der Waals surface area contributed by atoms with Crippen molar-refractivity contribution in [1.29, 1.82) is 0 Å². The van der Waals surface area contributed by atoms with Gasteiger partial charge in [0.15, 0.2) is 0 Å². The molecule has 0 aromatic rings. The van der Waals surface area contributed by atoms with E-state index in [0.717, 1.165) is 0 Å². The van der Waals surface area contributed by atoms with Gasteiger partial charge < -0.3 is 20.6 Å². The standard InChI is InChI=1S/C16H25ClFN3O3/c1-7-13-10(3-4-21(7)12(24)6-22)20-16-14(13)11(19-8(2)23)5-9(17)15(16)18/h7,9-11,13-16,20,22H,3-6H2,1-2H3,(H,19,23)/t7-,9?,10?,11?,13?,14?,15?,16?/m0/s1. The predicted molar refractivity (Wildman–Crippen MR) is 87.3 cm³/mol. The molecule has 3 N–H and O–H groups in total. The fourth-order valence-electron chi connectivity index (χ4n) is 5.04. The molecule has 24 heavy (non-hydrogen) atoms. The predicted octanol–water partition coefficient (Wildman–Crippen LogP) is 0.0262. The summed E-state index contributed by atoms with van der Waals surface area (Å²) in [5.41, 5.74) is 0. The summed E-state index contributed by atoms with van der Waals surface area (Å²) in [4.78, 5) is 25.3. The summed E-state index contributed by atoms with van der Waals surface area (Å²) in [6, 6.07) is -0.661. The van der Waals surface area contributed by atoms with Gasteiger partial charge in [0.25, 0.3) is 0 Å². The molecule has 0 aromatic carbocycles. The number of alkyl halides is 2. The molecular formula is C16H25ClFN3O3. The number of halogens is 2. The lowest BCUT2D eigenvalue weighted by molar-refractivity contribution is -0.140. The molecule has 0 radical (unpaired) electrons. The van der Waals surface area contributed by atoms with Crippen molar-refractivity contribution >= 4 is 23.4 Å². The Morgan fingerprint density at radius 3 is 2.75 bits per heavy atom. The van der Waals surface area contributed by atoms with Crippen LogP contribution in [-0.4, -0.2) is 70.7 Å². The summed E-state index contributed by atoms with van der Waals surface area (Å²) in [6.45, 7) is 3.42. The van der Waals surface area contributed by atoms with Crippen LogP contribution in [-0.2, 0) is 9.59 Å². The van der Waals surface area contributed by atoms with Crippen molar-refractivity contribution in [3.63, 3.8) is 0 Å². The number of carbonyl (C=O) groups excluding carboxylic acids is 2. The molecule has 2 amide bonds. The van der Waals surface area contributed by atoms with E-state index in [1.54, 1.807) is 4.90 Å². The smallest absolute Gasteiger partial charge is 0.248 e. The van der Waals surface area contributed by atoms with Crippen LogP contribution < -0.4 is 10.6 Å². The number of aliphatic hydroxyl groups is 1. The van der Waals surface area contributed by atoms with E-state index in [1.165, 1.54) is 6.92 Å². The van der Waals surface area contributed by atoms with Crippen molar-refractivity contribution in [3.05, 3.63) is 0 Å². The van der Waals surface area contributed by atoms with Gasteiger partial charge in [-0.15, -0.1) is 11.6 Å². The zero-order chi connectivity index (χ0) is 17.6. The van der Waals surface area contributed by atoms with E-state index in [9.17, 15) is 19.1 Å². The molecule has 0 aromatic heterocycles. The minimum atomic E-state index is -1.18. The first kappa shape index (κ1) is 17.9. The number of fused-ring (bicyclic) bond motifs is 3. The van der Waals surface area contributed by atoms with Crippen LogP contribution in [0.3, 0.4) is 0 Å². The molecule has 7 unspecified atom stereocenters. The summed E-state index contributed by atoms with van der Waals surface area (Å²) < 4.78 is 14.7. The van der Waals surface area contributed by atoms with E-state index in [-0.39, 0.29) is 41.8 Å². The number of hydrogen-bond donors (Lipinski definition) is 3. The number of hydrogen-bond acceptors (Lipinski definition) is 4. The number of nitrogens with one attached hydrogen (secondary N) is 2. The van der Waals surface area contributed by atoms with Crippen LogP contribution in [0.15, 0.2) is 0 Å². The zero-order valence-corrected chi connectivity index (χ0v) is 14.7. The van der Waals surface area contributed by atoms with E-state index in [4.69, 9.17) is 11.6 Å². The van der Waals surface area contributed by atoms with E-state index in [2.05, 4.69) is 10.6 Å². The van der Waals surface area contributed by atoms with Gasteiger partial charge in [0.05, 0.1) is 5.38 Å². The SMILES string of the molecule is CC(=O)NC1CC(Cl)C(F)C2NC3CCN(C(=O)CO)[C@@H](C)C3C12. The Hall–Kier alpha value is -0.920. The van der Waals surface area contributed by atoms with Gasteiger partial charge in [-0.2, -0.15) is 0 Å². The lowest BCUT2D eigenvalue weighted by Crippen LogP contribution is -2.59. The van der Waals surface area contributed by atoms with Crippen LogP contribution in [0.4, 0.5) is 4.39 Å². The lowest BCUT2D eigenvalue weighted by atomic mass is 9.70. The van der Waals surface area contributed by atoms with E-state index in [1.807, 2.05) is 6.92 Å². The summed E-state index contributed by atoms with van der Waals surface area (Å²) in [5, 5.41) is 14.9. The maximum absolute atomic E-state index is 14.7. The molecular weight excluding hydrogens is 337 g/mol. The van der Waals surface area contributed by atoms with Crippen LogP contribution in [0.1, 0.15) is 26.7 Å². The van der Waals surface area contributed by atoms with Gasteiger partial charge >= 0.3 is 0 Å². The Morgan fingerprint density at radius 1 is 1.42 bits per heavy atom. The fourth-order valence-corrected chi connectivity index (χ4v) is 5.39. The Bertz CT molecular complexity index is 523. The first-order valence-corrected chi connectivity index (χ1v) is 9.00. The highest BCUT2D eigenvalue weighted by atomic mass is 35.5. The van der Waals surface area contributed by atoms with E-state index in [0.29, 0.717) is 19.4 Å². The molecule has 6 nitrogen and oxygen atoms in total. The van der Waals surface area contributed by atoms with Crippen molar-refractivity contribution in [3.8, 4) is 0 Å². The molecule has 1 aliphatic carbocycles. The van der Waals surface area contributed by atoms with E-state index < -0.39 is 24.2 Å². The zero-order valence-electron chi connectivity index (χ0n) is 13.9. The van der Waals surface area contributed by atoms with Crippen molar-refractivity contribution in [2.45, 2.75) is 62.4 Å². The molecule has 2 heterocycles. The van der Waals surface area contributed by atoms with Crippen molar-refractivity contribution in [1.82, 2.24) is 15.5 Å². The minimum absolute atomic E-state index is 0.0264. The quantitative estimate of drug-likeness (QED) is 0.606. The topological polar surface area (TPSA) is 81.7 Å². The number of likely N-dealkylation sites (tertiary alicyclic amines) is 1. The Balaban J connectivity index is 1.89. The Kier molecular flexibility index (Phi) is 5.04. The summed E-state index contributed by atoms with van der Waals surface area (Å²) in [7, 11) is 0. The van der Waals surface area contributed by atoms with Crippen LogP contribution >= 0.6 is 11.6 Å². The van der Waals surface area contributed by atoms with Gasteiger partial charge in [0.2, 0.25) is 11.8 Å². The van der Waals surface area contributed by atoms with Crippen LogP contribution in [0, 0.1) is 11.8 Å². The van der Waals surface area contributed by atoms with Gasteiger partial charge in [-0.1, -0.05) is 0 Å². The first-order valence-electron chi connectivity index (χ1n) is 8.56. The van der Waals surface area contributed by atoms with Gasteiger partial charge in [-0.3, -0.25) is 9.59 Å². The number of carbonyl (C=O) groups is 2. The first-order chi connectivity index (χ1) is 11.3. The van der Waals surface area contributed by atoms with Crippen molar-refractivity contribution in [2.24, 2.45) is 11.8 Å². The summed E-state index contributed by atoms with van der Waals surface area (Å²) in [5.74, 6) is -0.551. The van der Waals surface area contributed by atoms with Gasteiger partial charge in [0.1, 0.15) is 12.8 Å². The molecule has 0 bridgehead atoms. The second-order valence-corrected chi connectivity index (χ2v) is 7.79. The summed E-state index contributed by atoms with van der Waals surface area (Å²) >= 11 is 6.18. The van der Waals surface area contributed by atoms with Gasteiger partial charge in [-0.05, 0) is 19.8 Å². The molecule has 136 valence electrons. The number of aliphatic hydroxyl groups excluding tert-OH is 1. The Labute approximate surface area is 146 Å². The fraction of sp³-hybridized carbons (Fsp3) is 0.875. The molecule has 8 atom stereocenters. The monoisotopic (exact) mass is 361 g/mol. The van der Waals surface area contributed by atoms with Gasteiger partial charge in [-0.25, -0.2) is 4.39 Å². The molecule has 0 spiro atoms. The number of rotatable bonds is 2. The number of piperidine rings is 1. The second kappa shape index (κ2) is 6.77. The third kappa shape index (κ3) is 2.91. The highest BCUT2D eigenvalue weighted by Crippen LogP contribution is 2.45. The average molecular weight is 362 g/mol. The van der Waals surface area contributed by atoms with Crippen LogP contribution in [0.25, 0.3) is 0 Å². The maximum atomic E-state index is 14.7. The third-order valence-corrected chi connectivity index (χ3v) is 6.36. The molecule has 3 fully saturated rings. The molecule has 8 heteroatoms. The largest absolute Gasteiger partial charge is 0.387 e.